The molecule has 0 fully saturated rings. The van der Waals surface area contributed by atoms with Crippen LogP contribution >= 0.6 is 22.9 Å². The molecule has 0 radical (unpaired) electrons. The van der Waals surface area contributed by atoms with Crippen LogP contribution in [0.2, 0.25) is 5.15 Å². The Hall–Kier alpha value is -0.940. The number of pyridine rings is 1. The first-order chi connectivity index (χ1) is 7.72. The molecule has 0 saturated carbocycles. The molecular formula is C11H12ClN3S. The summed E-state index contributed by atoms with van der Waals surface area (Å²) in [7, 11) is 0. The van der Waals surface area contributed by atoms with Gasteiger partial charge in [0, 0.05) is 11.1 Å². The minimum Gasteiger partial charge on any atom is -0.271 e. The molecule has 3 N–H and O–H groups in total. The fourth-order valence-electron chi connectivity index (χ4n) is 1.60. The van der Waals surface area contributed by atoms with E-state index in [0.717, 1.165) is 5.56 Å². The first kappa shape index (κ1) is 11.5. The molecule has 0 aromatic carbocycles. The van der Waals surface area contributed by atoms with Gasteiger partial charge in [0.2, 0.25) is 0 Å². The molecule has 0 aliphatic rings. The number of hydrogen-bond donors (Lipinski definition) is 2. The van der Waals surface area contributed by atoms with Crippen molar-refractivity contribution in [2.75, 3.05) is 0 Å². The van der Waals surface area contributed by atoms with Crippen LogP contribution in [0.1, 0.15) is 22.0 Å². The highest BCUT2D eigenvalue weighted by molar-refractivity contribution is 7.10. The van der Waals surface area contributed by atoms with Gasteiger partial charge in [-0.25, -0.2) is 10.4 Å². The lowest BCUT2D eigenvalue weighted by molar-refractivity contribution is 0.643. The summed E-state index contributed by atoms with van der Waals surface area (Å²) in [6.45, 7) is 2.07. The molecule has 1 atom stereocenters. The number of hydrogen-bond acceptors (Lipinski definition) is 4. The van der Waals surface area contributed by atoms with E-state index in [2.05, 4.69) is 28.8 Å². The predicted molar refractivity (Wildman–Crippen MR) is 67.5 cm³/mol. The van der Waals surface area contributed by atoms with E-state index in [1.165, 1.54) is 10.4 Å². The Labute approximate surface area is 103 Å². The summed E-state index contributed by atoms with van der Waals surface area (Å²) < 4.78 is 0. The van der Waals surface area contributed by atoms with Crippen molar-refractivity contribution in [3.8, 4) is 0 Å². The molecule has 1 unspecified atom stereocenters. The number of aryl methyl sites for hydroxylation is 1. The van der Waals surface area contributed by atoms with Gasteiger partial charge in [-0.15, -0.1) is 11.3 Å². The maximum absolute atomic E-state index is 5.87. The fraction of sp³-hybridized carbons (Fsp3) is 0.182. The molecule has 84 valence electrons. The molecule has 2 aromatic heterocycles. The number of aromatic nitrogens is 1. The lowest BCUT2D eigenvalue weighted by Gasteiger charge is -2.15. The van der Waals surface area contributed by atoms with E-state index >= 15 is 0 Å². The third-order valence-electron chi connectivity index (χ3n) is 2.41. The van der Waals surface area contributed by atoms with E-state index in [9.17, 15) is 0 Å². The van der Waals surface area contributed by atoms with Crippen LogP contribution in [0.15, 0.2) is 29.8 Å². The lowest BCUT2D eigenvalue weighted by Crippen LogP contribution is -2.28. The number of nitrogens with one attached hydrogen (secondary N) is 1. The van der Waals surface area contributed by atoms with Gasteiger partial charge in [0.25, 0.3) is 0 Å². The van der Waals surface area contributed by atoms with Crippen molar-refractivity contribution < 1.29 is 0 Å². The van der Waals surface area contributed by atoms with Crippen LogP contribution in [0.25, 0.3) is 0 Å². The van der Waals surface area contributed by atoms with Gasteiger partial charge >= 0.3 is 0 Å². The van der Waals surface area contributed by atoms with Crippen LogP contribution in [0.5, 0.6) is 0 Å². The summed E-state index contributed by atoms with van der Waals surface area (Å²) in [6, 6.07) is 5.79. The van der Waals surface area contributed by atoms with Crippen molar-refractivity contribution in [2.45, 2.75) is 13.0 Å². The Morgan fingerprint density at radius 3 is 2.88 bits per heavy atom. The van der Waals surface area contributed by atoms with Crippen LogP contribution in [-0.4, -0.2) is 4.98 Å². The van der Waals surface area contributed by atoms with E-state index in [-0.39, 0.29) is 6.04 Å². The van der Waals surface area contributed by atoms with Crippen molar-refractivity contribution in [1.82, 2.24) is 10.4 Å². The van der Waals surface area contributed by atoms with Crippen molar-refractivity contribution in [3.63, 3.8) is 0 Å². The molecule has 16 heavy (non-hydrogen) atoms. The standard InChI is InChI=1S/C11H12ClN3S/c1-7-3-5-16-11(7)10(15-13)8-2-4-14-9(12)6-8/h2-6,10,15H,13H2,1H3. The molecule has 0 aliphatic carbocycles. The van der Waals surface area contributed by atoms with Gasteiger partial charge in [0.1, 0.15) is 5.15 Å². The zero-order valence-corrected chi connectivity index (χ0v) is 10.3. The quantitative estimate of drug-likeness (QED) is 0.502. The third-order valence-corrected chi connectivity index (χ3v) is 3.70. The Kier molecular flexibility index (Phi) is 3.56. The third kappa shape index (κ3) is 2.25. The van der Waals surface area contributed by atoms with E-state index < -0.39 is 0 Å². The van der Waals surface area contributed by atoms with Crippen LogP contribution < -0.4 is 11.3 Å². The number of thiophene rings is 1. The molecular weight excluding hydrogens is 242 g/mol. The molecule has 0 bridgehead atoms. The Morgan fingerprint density at radius 1 is 1.50 bits per heavy atom. The highest BCUT2D eigenvalue weighted by atomic mass is 35.5. The van der Waals surface area contributed by atoms with E-state index in [4.69, 9.17) is 17.4 Å². The maximum Gasteiger partial charge on any atom is 0.129 e. The average Bonchev–Trinajstić information content (AvgIpc) is 2.67. The molecule has 2 aromatic rings. The van der Waals surface area contributed by atoms with Gasteiger partial charge in [-0.05, 0) is 41.6 Å². The zero-order valence-electron chi connectivity index (χ0n) is 8.77. The normalized spacial score (nSPS) is 12.7. The molecule has 5 heteroatoms. The summed E-state index contributed by atoms with van der Waals surface area (Å²) >= 11 is 7.55. The fourth-order valence-corrected chi connectivity index (χ4v) is 2.80. The lowest BCUT2D eigenvalue weighted by atomic mass is 10.1. The van der Waals surface area contributed by atoms with Crippen LogP contribution in [-0.2, 0) is 0 Å². The minimum atomic E-state index is -0.0273. The topological polar surface area (TPSA) is 50.9 Å². The van der Waals surface area contributed by atoms with Crippen LogP contribution in [0.3, 0.4) is 0 Å². The second kappa shape index (κ2) is 4.93. The summed E-state index contributed by atoms with van der Waals surface area (Å²) in [5, 5.41) is 2.53. The zero-order chi connectivity index (χ0) is 11.5. The second-order valence-corrected chi connectivity index (χ2v) is 4.81. The SMILES string of the molecule is Cc1ccsc1C(NN)c1ccnc(Cl)c1. The minimum absolute atomic E-state index is 0.0273. The Bertz CT molecular complexity index is 484. The van der Waals surface area contributed by atoms with Gasteiger partial charge in [-0.2, -0.15) is 0 Å². The van der Waals surface area contributed by atoms with E-state index in [0.29, 0.717) is 5.15 Å². The smallest absolute Gasteiger partial charge is 0.129 e. The Morgan fingerprint density at radius 2 is 2.31 bits per heavy atom. The van der Waals surface area contributed by atoms with Gasteiger partial charge in [-0.3, -0.25) is 5.84 Å². The Balaban J connectivity index is 2.40. The van der Waals surface area contributed by atoms with E-state index in [1.807, 2.05) is 12.1 Å². The largest absolute Gasteiger partial charge is 0.271 e. The van der Waals surface area contributed by atoms with Crippen LogP contribution in [0, 0.1) is 6.92 Å². The highest BCUT2D eigenvalue weighted by Crippen LogP contribution is 2.29. The molecule has 2 heterocycles. The monoisotopic (exact) mass is 253 g/mol. The first-order valence-corrected chi connectivity index (χ1v) is 6.09. The van der Waals surface area contributed by atoms with Crippen molar-refractivity contribution in [1.29, 1.82) is 0 Å². The second-order valence-electron chi connectivity index (χ2n) is 3.48. The molecule has 3 nitrogen and oxygen atoms in total. The number of halogens is 1. The number of rotatable bonds is 3. The van der Waals surface area contributed by atoms with Crippen molar-refractivity contribution in [3.05, 3.63) is 50.9 Å². The van der Waals surface area contributed by atoms with Gasteiger partial charge < -0.3 is 0 Å². The predicted octanol–water partition coefficient (Wildman–Crippen LogP) is 2.66. The summed E-state index contributed by atoms with van der Waals surface area (Å²) in [4.78, 5) is 5.16. The number of nitrogens with two attached hydrogens (primary N) is 1. The van der Waals surface area contributed by atoms with Crippen molar-refractivity contribution >= 4 is 22.9 Å². The van der Waals surface area contributed by atoms with Gasteiger partial charge in [-0.1, -0.05) is 11.6 Å². The molecule has 2 rings (SSSR count). The molecule has 0 amide bonds. The van der Waals surface area contributed by atoms with Crippen molar-refractivity contribution in [2.24, 2.45) is 5.84 Å². The summed E-state index contributed by atoms with van der Waals surface area (Å²) in [5.74, 6) is 5.61. The maximum atomic E-state index is 5.87. The van der Waals surface area contributed by atoms with E-state index in [1.54, 1.807) is 17.5 Å². The average molecular weight is 254 g/mol. The molecule has 0 spiro atoms. The first-order valence-electron chi connectivity index (χ1n) is 4.84. The number of hydrazine groups is 1. The highest BCUT2D eigenvalue weighted by Gasteiger charge is 2.16. The number of nitrogens with zero attached hydrogens (tertiary/aromatic N) is 1. The van der Waals surface area contributed by atoms with Gasteiger partial charge in [0.05, 0.1) is 6.04 Å². The molecule has 0 saturated heterocycles. The van der Waals surface area contributed by atoms with Gasteiger partial charge in [0.15, 0.2) is 0 Å². The summed E-state index contributed by atoms with van der Waals surface area (Å²) in [6.07, 6.45) is 1.69. The summed E-state index contributed by atoms with van der Waals surface area (Å²) in [5.41, 5.74) is 5.06. The van der Waals surface area contributed by atoms with Crippen LogP contribution in [0.4, 0.5) is 0 Å². The molecule has 0 aliphatic heterocycles.